The molecule has 3 heteroatoms. The summed E-state index contributed by atoms with van der Waals surface area (Å²) in [6.07, 6.45) is 2.60. The fraction of sp³-hybridized carbons (Fsp3) is 1.00. The van der Waals surface area contributed by atoms with E-state index in [9.17, 15) is 0 Å². The van der Waals surface area contributed by atoms with Gasteiger partial charge in [0, 0.05) is 30.9 Å². The van der Waals surface area contributed by atoms with Crippen LogP contribution in [0.25, 0.3) is 0 Å². The minimum atomic E-state index is 0.459. The van der Waals surface area contributed by atoms with E-state index in [0.29, 0.717) is 6.04 Å². The van der Waals surface area contributed by atoms with E-state index in [1.54, 1.807) is 0 Å². The number of nitrogens with zero attached hydrogens (tertiary/aromatic N) is 1. The van der Waals surface area contributed by atoms with Gasteiger partial charge < -0.3 is 5.73 Å². The summed E-state index contributed by atoms with van der Waals surface area (Å²) < 4.78 is 0. The number of likely N-dealkylation sites (tertiary alicyclic amines) is 1. The Bertz CT molecular complexity index is 134. The largest absolute Gasteiger partial charge is 0.326 e. The van der Waals surface area contributed by atoms with Crippen molar-refractivity contribution in [3.05, 3.63) is 0 Å². The van der Waals surface area contributed by atoms with Crippen LogP contribution >= 0.6 is 11.8 Å². The molecule has 0 aromatic heterocycles. The maximum Gasteiger partial charge on any atom is 0.0194 e. The third-order valence-corrected chi connectivity index (χ3v) is 3.82. The predicted octanol–water partition coefficient (Wildman–Crippen LogP) is 0.525. The van der Waals surface area contributed by atoms with Gasteiger partial charge in [0.1, 0.15) is 0 Å². The molecule has 2 nitrogen and oxygen atoms in total. The lowest BCUT2D eigenvalue weighted by Gasteiger charge is -2.22. The Kier molecular flexibility index (Phi) is 2.39. The number of thioether (sulfide) groups is 1. The molecule has 0 spiro atoms. The first-order valence-corrected chi connectivity index (χ1v) is 5.59. The molecule has 0 radical (unpaired) electrons. The summed E-state index contributed by atoms with van der Waals surface area (Å²) in [6.45, 7) is 2.39. The summed E-state index contributed by atoms with van der Waals surface area (Å²) in [5, 5.41) is 0. The molecule has 0 aromatic carbocycles. The molecule has 2 N–H and O–H groups in total. The van der Waals surface area contributed by atoms with E-state index in [1.807, 2.05) is 0 Å². The van der Waals surface area contributed by atoms with Crippen molar-refractivity contribution in [1.29, 1.82) is 0 Å². The molecule has 2 aliphatic rings. The molecule has 0 aromatic rings. The van der Waals surface area contributed by atoms with Crippen molar-refractivity contribution in [1.82, 2.24) is 4.90 Å². The Balaban J connectivity index is 1.85. The van der Waals surface area contributed by atoms with Crippen molar-refractivity contribution >= 4 is 11.8 Å². The number of hydrogen-bond donors (Lipinski definition) is 1. The molecule has 64 valence electrons. The Hall–Kier alpha value is 0.270. The van der Waals surface area contributed by atoms with Crippen LogP contribution < -0.4 is 5.73 Å². The molecule has 2 rings (SSSR count). The highest BCUT2D eigenvalue weighted by Crippen LogP contribution is 2.24. The molecule has 2 aliphatic heterocycles. The second-order valence-corrected chi connectivity index (χ2v) is 4.71. The van der Waals surface area contributed by atoms with Gasteiger partial charge in [0.25, 0.3) is 0 Å². The maximum absolute atomic E-state index is 5.84. The van der Waals surface area contributed by atoms with E-state index in [-0.39, 0.29) is 0 Å². The van der Waals surface area contributed by atoms with Crippen LogP contribution in [0.3, 0.4) is 0 Å². The molecule has 0 amide bonds. The van der Waals surface area contributed by atoms with Gasteiger partial charge in [-0.2, -0.15) is 11.8 Å². The molecule has 2 atom stereocenters. The summed E-state index contributed by atoms with van der Waals surface area (Å²) in [6, 6.07) is 1.31. The topological polar surface area (TPSA) is 29.3 Å². The fourth-order valence-electron chi connectivity index (χ4n) is 1.96. The zero-order valence-corrected chi connectivity index (χ0v) is 7.65. The lowest BCUT2D eigenvalue weighted by Crippen LogP contribution is -2.35. The molecule has 2 saturated heterocycles. The van der Waals surface area contributed by atoms with Crippen LogP contribution in [0, 0.1) is 0 Å². The molecule has 11 heavy (non-hydrogen) atoms. The Labute approximate surface area is 72.5 Å². The number of rotatable bonds is 1. The Morgan fingerprint density at radius 1 is 1.36 bits per heavy atom. The Morgan fingerprint density at radius 3 is 2.82 bits per heavy atom. The smallest absolute Gasteiger partial charge is 0.0194 e. The monoisotopic (exact) mass is 172 g/mol. The maximum atomic E-state index is 5.84. The molecular formula is C8H16N2S. The summed E-state index contributed by atoms with van der Waals surface area (Å²) in [5.74, 6) is 2.70. The highest BCUT2D eigenvalue weighted by molar-refractivity contribution is 7.99. The molecule has 0 bridgehead atoms. The van der Waals surface area contributed by atoms with Gasteiger partial charge in [-0.3, -0.25) is 4.90 Å². The van der Waals surface area contributed by atoms with E-state index >= 15 is 0 Å². The van der Waals surface area contributed by atoms with Crippen molar-refractivity contribution in [2.24, 2.45) is 5.73 Å². The average molecular weight is 172 g/mol. The van der Waals surface area contributed by atoms with Gasteiger partial charge in [0.2, 0.25) is 0 Å². The fourth-order valence-corrected chi connectivity index (χ4v) is 3.21. The van der Waals surface area contributed by atoms with Crippen LogP contribution in [0.1, 0.15) is 12.8 Å². The molecule has 1 unspecified atom stereocenters. The molecule has 2 heterocycles. The summed E-state index contributed by atoms with van der Waals surface area (Å²) >= 11 is 2.09. The second-order valence-electron chi connectivity index (χ2n) is 3.56. The summed E-state index contributed by atoms with van der Waals surface area (Å²) in [7, 11) is 0. The number of nitrogens with two attached hydrogens (primary N) is 1. The normalized spacial score (nSPS) is 40.1. The standard InChI is InChI=1S/C8H16N2S/c9-7-1-3-10(5-7)8-2-4-11-6-8/h7-8H,1-6,9H2/t7-,8?/m1/s1. The van der Waals surface area contributed by atoms with E-state index in [4.69, 9.17) is 5.73 Å². The molecule has 0 aliphatic carbocycles. The minimum Gasteiger partial charge on any atom is -0.326 e. The zero-order valence-electron chi connectivity index (χ0n) is 6.83. The third kappa shape index (κ3) is 1.71. The Morgan fingerprint density at radius 2 is 2.27 bits per heavy atom. The van der Waals surface area contributed by atoms with E-state index in [0.717, 1.165) is 12.6 Å². The molecule has 2 fully saturated rings. The van der Waals surface area contributed by atoms with Gasteiger partial charge in [-0.15, -0.1) is 0 Å². The second kappa shape index (κ2) is 3.33. The molecule has 0 saturated carbocycles. The summed E-state index contributed by atoms with van der Waals surface area (Å²) in [4.78, 5) is 2.57. The van der Waals surface area contributed by atoms with Crippen LogP contribution in [0.2, 0.25) is 0 Å². The average Bonchev–Trinajstić information content (AvgIpc) is 2.55. The van der Waals surface area contributed by atoms with Crippen molar-refractivity contribution in [2.45, 2.75) is 24.9 Å². The quantitative estimate of drug-likeness (QED) is 0.625. The van der Waals surface area contributed by atoms with Gasteiger partial charge in [-0.25, -0.2) is 0 Å². The van der Waals surface area contributed by atoms with Gasteiger partial charge in [0.05, 0.1) is 0 Å². The molecular weight excluding hydrogens is 156 g/mol. The summed E-state index contributed by atoms with van der Waals surface area (Å²) in [5.41, 5.74) is 5.84. The van der Waals surface area contributed by atoms with Crippen LogP contribution in [-0.2, 0) is 0 Å². The van der Waals surface area contributed by atoms with Crippen LogP contribution in [0.15, 0.2) is 0 Å². The number of hydrogen-bond acceptors (Lipinski definition) is 3. The predicted molar refractivity (Wildman–Crippen MR) is 49.9 cm³/mol. The van der Waals surface area contributed by atoms with E-state index < -0.39 is 0 Å². The first-order valence-electron chi connectivity index (χ1n) is 4.43. The lowest BCUT2D eigenvalue weighted by molar-refractivity contribution is 0.261. The van der Waals surface area contributed by atoms with Gasteiger partial charge >= 0.3 is 0 Å². The van der Waals surface area contributed by atoms with E-state index in [2.05, 4.69) is 16.7 Å². The van der Waals surface area contributed by atoms with E-state index in [1.165, 1.54) is 30.9 Å². The first-order chi connectivity index (χ1) is 5.36. The van der Waals surface area contributed by atoms with Crippen molar-refractivity contribution in [3.8, 4) is 0 Å². The van der Waals surface area contributed by atoms with Gasteiger partial charge in [0.15, 0.2) is 0 Å². The van der Waals surface area contributed by atoms with Crippen LogP contribution in [0.5, 0.6) is 0 Å². The highest BCUT2D eigenvalue weighted by atomic mass is 32.2. The zero-order chi connectivity index (χ0) is 7.68. The minimum absolute atomic E-state index is 0.459. The van der Waals surface area contributed by atoms with Crippen molar-refractivity contribution in [2.75, 3.05) is 24.6 Å². The first kappa shape index (κ1) is 7.90. The lowest BCUT2D eigenvalue weighted by atomic mass is 10.2. The highest BCUT2D eigenvalue weighted by Gasteiger charge is 2.28. The van der Waals surface area contributed by atoms with Gasteiger partial charge in [-0.05, 0) is 18.6 Å². The van der Waals surface area contributed by atoms with Crippen molar-refractivity contribution < 1.29 is 0 Å². The SMILES string of the molecule is N[C@@H]1CCN(C2CCSC2)C1. The van der Waals surface area contributed by atoms with Crippen LogP contribution in [0.4, 0.5) is 0 Å². The third-order valence-electron chi connectivity index (χ3n) is 2.68. The van der Waals surface area contributed by atoms with Crippen molar-refractivity contribution in [3.63, 3.8) is 0 Å². The van der Waals surface area contributed by atoms with Gasteiger partial charge in [-0.1, -0.05) is 0 Å². The van der Waals surface area contributed by atoms with Crippen LogP contribution in [-0.4, -0.2) is 41.6 Å².